The van der Waals surface area contributed by atoms with Crippen LogP contribution in [0.5, 0.6) is 0 Å². The van der Waals surface area contributed by atoms with E-state index in [1.165, 1.54) is 13.0 Å². The average molecular weight is 170 g/mol. The number of hydrogen-bond donors (Lipinski definition) is 1. The highest BCUT2D eigenvalue weighted by Gasteiger charge is 2.06. The SMILES string of the molecule is CCCCC(C)C(O)=CC(C)=O. The van der Waals surface area contributed by atoms with Gasteiger partial charge in [-0.15, -0.1) is 0 Å². The molecule has 12 heavy (non-hydrogen) atoms. The molecular formula is C10H18O2. The molecule has 0 heterocycles. The monoisotopic (exact) mass is 170 g/mol. The third-order valence-corrected chi connectivity index (χ3v) is 1.85. The topological polar surface area (TPSA) is 37.3 Å². The molecule has 0 saturated carbocycles. The van der Waals surface area contributed by atoms with Crippen LogP contribution in [-0.2, 0) is 4.79 Å². The molecule has 2 heteroatoms. The molecule has 0 saturated heterocycles. The van der Waals surface area contributed by atoms with Crippen LogP contribution in [0.4, 0.5) is 0 Å². The van der Waals surface area contributed by atoms with Crippen molar-refractivity contribution in [3.63, 3.8) is 0 Å². The maximum Gasteiger partial charge on any atom is 0.155 e. The van der Waals surface area contributed by atoms with E-state index >= 15 is 0 Å². The largest absolute Gasteiger partial charge is 0.512 e. The third-order valence-electron chi connectivity index (χ3n) is 1.85. The van der Waals surface area contributed by atoms with Crippen molar-refractivity contribution in [3.8, 4) is 0 Å². The first-order chi connectivity index (χ1) is 5.57. The normalized spacial score (nSPS) is 14.4. The van der Waals surface area contributed by atoms with Crippen LogP contribution in [0.2, 0.25) is 0 Å². The number of hydrogen-bond acceptors (Lipinski definition) is 2. The summed E-state index contributed by atoms with van der Waals surface area (Å²) in [6.07, 6.45) is 4.47. The molecule has 1 unspecified atom stereocenters. The molecule has 0 aliphatic heterocycles. The van der Waals surface area contributed by atoms with Gasteiger partial charge in [0.2, 0.25) is 0 Å². The summed E-state index contributed by atoms with van der Waals surface area (Å²) in [5, 5.41) is 9.36. The van der Waals surface area contributed by atoms with Crippen LogP contribution in [0.1, 0.15) is 40.0 Å². The number of carbonyl (C=O) groups excluding carboxylic acids is 1. The van der Waals surface area contributed by atoms with Gasteiger partial charge in [0, 0.05) is 12.0 Å². The summed E-state index contributed by atoms with van der Waals surface area (Å²) in [5.41, 5.74) is 0. The number of aliphatic hydroxyl groups is 1. The van der Waals surface area contributed by atoms with Crippen molar-refractivity contribution in [2.45, 2.75) is 40.0 Å². The lowest BCUT2D eigenvalue weighted by Gasteiger charge is -2.08. The molecule has 1 N–H and O–H groups in total. The maximum absolute atomic E-state index is 10.6. The molecule has 0 spiro atoms. The maximum atomic E-state index is 10.6. The lowest BCUT2D eigenvalue weighted by molar-refractivity contribution is -0.112. The summed E-state index contributed by atoms with van der Waals surface area (Å²) in [7, 11) is 0. The van der Waals surface area contributed by atoms with E-state index in [2.05, 4.69) is 6.92 Å². The molecule has 0 aromatic rings. The lowest BCUT2D eigenvalue weighted by atomic mass is 10.0. The minimum absolute atomic E-state index is 0.0872. The van der Waals surface area contributed by atoms with E-state index < -0.39 is 0 Å². The van der Waals surface area contributed by atoms with Crippen LogP contribution in [0.15, 0.2) is 11.8 Å². The van der Waals surface area contributed by atoms with Crippen molar-refractivity contribution in [1.82, 2.24) is 0 Å². The number of rotatable bonds is 5. The zero-order chi connectivity index (χ0) is 9.56. The highest BCUT2D eigenvalue weighted by molar-refractivity contribution is 5.87. The summed E-state index contributed by atoms with van der Waals surface area (Å²) >= 11 is 0. The fraction of sp³-hybridized carbons (Fsp3) is 0.700. The molecule has 0 bridgehead atoms. The number of ketones is 1. The van der Waals surface area contributed by atoms with Gasteiger partial charge in [-0.2, -0.15) is 0 Å². The van der Waals surface area contributed by atoms with Crippen molar-refractivity contribution in [1.29, 1.82) is 0 Å². The van der Waals surface area contributed by atoms with Gasteiger partial charge in [-0.3, -0.25) is 4.79 Å². The van der Waals surface area contributed by atoms with Crippen LogP contribution in [-0.4, -0.2) is 10.9 Å². The van der Waals surface area contributed by atoms with E-state index in [9.17, 15) is 9.90 Å². The molecule has 70 valence electrons. The van der Waals surface area contributed by atoms with Gasteiger partial charge in [-0.05, 0) is 13.3 Å². The summed E-state index contributed by atoms with van der Waals surface area (Å²) in [5.74, 6) is 0.251. The predicted molar refractivity (Wildman–Crippen MR) is 50.1 cm³/mol. The predicted octanol–water partition coefficient (Wildman–Crippen LogP) is 2.84. The average Bonchev–Trinajstić information content (AvgIpc) is 1.98. The van der Waals surface area contributed by atoms with Crippen LogP contribution in [0.25, 0.3) is 0 Å². The van der Waals surface area contributed by atoms with Gasteiger partial charge in [-0.25, -0.2) is 0 Å². The second-order valence-electron chi connectivity index (χ2n) is 3.22. The Hall–Kier alpha value is -0.790. The molecule has 0 rings (SSSR count). The Kier molecular flexibility index (Phi) is 5.43. The Morgan fingerprint density at radius 1 is 1.58 bits per heavy atom. The Balaban J connectivity index is 3.91. The van der Waals surface area contributed by atoms with Crippen LogP contribution in [0.3, 0.4) is 0 Å². The standard InChI is InChI=1S/C10H18O2/c1-4-5-6-8(2)10(12)7-9(3)11/h7-8,12H,4-6H2,1-3H3. The Morgan fingerprint density at radius 3 is 2.58 bits per heavy atom. The van der Waals surface area contributed by atoms with E-state index in [0.29, 0.717) is 0 Å². The smallest absolute Gasteiger partial charge is 0.155 e. The van der Waals surface area contributed by atoms with Gasteiger partial charge < -0.3 is 5.11 Å². The third kappa shape index (κ3) is 4.94. The molecule has 1 atom stereocenters. The summed E-state index contributed by atoms with van der Waals surface area (Å²) in [6.45, 7) is 5.49. The van der Waals surface area contributed by atoms with Crippen molar-refractivity contribution in [2.75, 3.05) is 0 Å². The molecule has 2 nitrogen and oxygen atoms in total. The highest BCUT2D eigenvalue weighted by Crippen LogP contribution is 2.14. The highest BCUT2D eigenvalue weighted by atomic mass is 16.3. The van der Waals surface area contributed by atoms with Gasteiger partial charge >= 0.3 is 0 Å². The van der Waals surface area contributed by atoms with E-state index in [4.69, 9.17) is 0 Å². The zero-order valence-corrected chi connectivity index (χ0v) is 8.13. The first-order valence-electron chi connectivity index (χ1n) is 4.49. The zero-order valence-electron chi connectivity index (χ0n) is 8.13. The fourth-order valence-corrected chi connectivity index (χ4v) is 1.01. The number of aliphatic hydroxyl groups excluding tert-OH is 1. The van der Waals surface area contributed by atoms with E-state index in [0.717, 1.165) is 19.3 Å². The second kappa shape index (κ2) is 5.81. The van der Waals surface area contributed by atoms with E-state index in [1.54, 1.807) is 0 Å². The fourth-order valence-electron chi connectivity index (χ4n) is 1.01. The first-order valence-corrected chi connectivity index (χ1v) is 4.49. The van der Waals surface area contributed by atoms with Crippen molar-refractivity contribution < 1.29 is 9.90 Å². The molecule has 0 fully saturated rings. The van der Waals surface area contributed by atoms with Crippen molar-refractivity contribution in [3.05, 3.63) is 11.8 Å². The quantitative estimate of drug-likeness (QED) is 0.509. The number of carbonyl (C=O) groups is 1. The molecular weight excluding hydrogens is 152 g/mol. The van der Waals surface area contributed by atoms with E-state index in [-0.39, 0.29) is 17.5 Å². The Bertz CT molecular complexity index is 171. The molecule has 0 aromatic carbocycles. The molecule has 0 aromatic heterocycles. The van der Waals surface area contributed by atoms with Crippen molar-refractivity contribution in [2.24, 2.45) is 5.92 Å². The summed E-state index contributed by atoms with van der Waals surface area (Å²) < 4.78 is 0. The van der Waals surface area contributed by atoms with Crippen LogP contribution in [0, 0.1) is 5.92 Å². The van der Waals surface area contributed by atoms with Gasteiger partial charge in [0.1, 0.15) is 0 Å². The van der Waals surface area contributed by atoms with Gasteiger partial charge in [0.25, 0.3) is 0 Å². The number of allylic oxidation sites excluding steroid dienone is 2. The van der Waals surface area contributed by atoms with Gasteiger partial charge in [-0.1, -0.05) is 26.7 Å². The molecule has 0 amide bonds. The molecule has 0 aliphatic rings. The Morgan fingerprint density at radius 2 is 2.17 bits per heavy atom. The minimum Gasteiger partial charge on any atom is -0.512 e. The lowest BCUT2D eigenvalue weighted by Crippen LogP contribution is -2.00. The van der Waals surface area contributed by atoms with E-state index in [1.807, 2.05) is 6.92 Å². The second-order valence-corrected chi connectivity index (χ2v) is 3.22. The minimum atomic E-state index is -0.0872. The van der Waals surface area contributed by atoms with Gasteiger partial charge in [0.15, 0.2) is 5.78 Å². The summed E-state index contributed by atoms with van der Waals surface area (Å²) in [6, 6.07) is 0. The summed E-state index contributed by atoms with van der Waals surface area (Å²) in [4.78, 5) is 10.6. The Labute approximate surface area is 74.3 Å². The molecule has 0 radical (unpaired) electrons. The molecule has 0 aliphatic carbocycles. The first kappa shape index (κ1) is 11.2. The van der Waals surface area contributed by atoms with Crippen LogP contribution >= 0.6 is 0 Å². The number of unbranched alkanes of at least 4 members (excludes halogenated alkanes) is 1. The van der Waals surface area contributed by atoms with Gasteiger partial charge in [0.05, 0.1) is 5.76 Å². The van der Waals surface area contributed by atoms with Crippen LogP contribution < -0.4 is 0 Å². The van der Waals surface area contributed by atoms with Crippen molar-refractivity contribution >= 4 is 5.78 Å².